The van der Waals surface area contributed by atoms with Crippen LogP contribution in [0.25, 0.3) is 5.57 Å². The number of aryl methyl sites for hydroxylation is 1. The standard InChI is InChI=1S/C32H28ClFN2O2/c1-20-5-14-30(35-29-12-10-28(34)11-13-29)36-31(20)23-8-6-21-7-9-24(32(38)25(15-21)16-23)17-26(19-37)22-3-2-4-27(33)18-22/h2-5,8,10-18,26,37H,6-7,9,19H2,1H3,(H,35,36)/b24-17+/t26-/m1/s1. The fraction of sp³-hybridized carbons (Fsp3) is 0.188. The number of nitrogens with zero attached hydrogens (tertiary/aromatic N) is 1. The van der Waals surface area contributed by atoms with E-state index in [4.69, 9.17) is 16.6 Å². The maximum Gasteiger partial charge on any atom is 0.188 e. The molecule has 2 bridgehead atoms. The first-order chi connectivity index (χ1) is 18.4. The van der Waals surface area contributed by atoms with Gasteiger partial charge in [0.1, 0.15) is 11.6 Å². The van der Waals surface area contributed by atoms with E-state index >= 15 is 0 Å². The lowest BCUT2D eigenvalue weighted by Crippen LogP contribution is -2.09. The van der Waals surface area contributed by atoms with Crippen LogP contribution in [-0.2, 0) is 4.79 Å². The number of halogens is 2. The van der Waals surface area contributed by atoms with E-state index in [0.717, 1.165) is 40.9 Å². The average molecular weight is 527 g/mol. The van der Waals surface area contributed by atoms with Crippen molar-refractivity contribution in [1.29, 1.82) is 0 Å². The van der Waals surface area contributed by atoms with Crippen molar-refractivity contribution in [2.24, 2.45) is 0 Å². The van der Waals surface area contributed by atoms with Gasteiger partial charge in [0.05, 0.1) is 12.3 Å². The molecule has 3 aromatic rings. The first kappa shape index (κ1) is 25.8. The molecular weight excluding hydrogens is 499 g/mol. The molecule has 2 N–H and O–H groups in total. The van der Waals surface area contributed by atoms with Crippen molar-refractivity contribution >= 4 is 34.5 Å². The van der Waals surface area contributed by atoms with Gasteiger partial charge < -0.3 is 10.4 Å². The van der Waals surface area contributed by atoms with Gasteiger partial charge in [-0.15, -0.1) is 0 Å². The topological polar surface area (TPSA) is 62.2 Å². The third kappa shape index (κ3) is 5.85. The second-order valence-electron chi connectivity index (χ2n) is 9.62. The molecule has 1 atom stereocenters. The highest BCUT2D eigenvalue weighted by atomic mass is 35.5. The fourth-order valence-electron chi connectivity index (χ4n) is 4.82. The Hall–Kier alpha value is -3.80. The zero-order valence-electron chi connectivity index (χ0n) is 21.0. The largest absolute Gasteiger partial charge is 0.395 e. The van der Waals surface area contributed by atoms with E-state index < -0.39 is 0 Å². The van der Waals surface area contributed by atoms with Gasteiger partial charge in [-0.2, -0.15) is 0 Å². The van der Waals surface area contributed by atoms with Crippen LogP contribution in [0, 0.1) is 12.7 Å². The van der Waals surface area contributed by atoms with Crippen LogP contribution in [0.3, 0.4) is 0 Å². The summed E-state index contributed by atoms with van der Waals surface area (Å²) in [6, 6.07) is 17.4. The molecule has 1 heterocycles. The van der Waals surface area contributed by atoms with E-state index in [0.29, 0.717) is 28.4 Å². The predicted octanol–water partition coefficient (Wildman–Crippen LogP) is 7.63. The molecule has 0 saturated carbocycles. The Labute approximate surface area is 226 Å². The molecule has 0 spiro atoms. The molecule has 0 amide bonds. The number of aliphatic hydroxyl groups excluding tert-OH is 1. The molecule has 4 nitrogen and oxygen atoms in total. The van der Waals surface area contributed by atoms with Crippen molar-refractivity contribution in [3.8, 4) is 0 Å². The van der Waals surface area contributed by atoms with Crippen LogP contribution in [0.1, 0.15) is 42.0 Å². The number of carbonyl (C=O) groups excluding carboxylic acids is 1. The molecule has 0 aliphatic heterocycles. The Bertz CT molecular complexity index is 1500. The Balaban J connectivity index is 1.45. The Morgan fingerprint density at radius 2 is 1.89 bits per heavy atom. The van der Waals surface area contributed by atoms with Crippen molar-refractivity contribution in [1.82, 2.24) is 4.98 Å². The van der Waals surface area contributed by atoms with Gasteiger partial charge in [-0.25, -0.2) is 9.37 Å². The lowest BCUT2D eigenvalue weighted by molar-refractivity contribution is -0.112. The van der Waals surface area contributed by atoms with Crippen molar-refractivity contribution < 1.29 is 14.3 Å². The zero-order chi connectivity index (χ0) is 26.6. The molecule has 0 fully saturated rings. The molecule has 5 rings (SSSR count). The van der Waals surface area contributed by atoms with Crippen LogP contribution >= 0.6 is 11.6 Å². The Morgan fingerprint density at radius 1 is 1.08 bits per heavy atom. The number of hydrogen-bond donors (Lipinski definition) is 2. The van der Waals surface area contributed by atoms with E-state index in [9.17, 15) is 14.3 Å². The maximum absolute atomic E-state index is 13.7. The SMILES string of the molecule is Cc1ccc(Nc2ccc(F)cc2)nc1C1=CCC2=CC(=C1)C(=O)/C(=C/[C@H](CO)c1cccc(Cl)c1)CC2. The van der Waals surface area contributed by atoms with E-state index in [2.05, 4.69) is 11.4 Å². The first-order valence-electron chi connectivity index (χ1n) is 12.6. The summed E-state index contributed by atoms with van der Waals surface area (Å²) in [4.78, 5) is 18.5. The maximum atomic E-state index is 13.7. The number of nitrogens with one attached hydrogen (secondary N) is 1. The number of benzene rings is 2. The lowest BCUT2D eigenvalue weighted by Gasteiger charge is -2.15. The van der Waals surface area contributed by atoms with Gasteiger partial charge in [0.2, 0.25) is 0 Å². The molecule has 38 heavy (non-hydrogen) atoms. The summed E-state index contributed by atoms with van der Waals surface area (Å²) in [5, 5.41) is 13.9. The molecule has 0 radical (unpaired) electrons. The van der Waals surface area contributed by atoms with Crippen LogP contribution in [-0.4, -0.2) is 22.5 Å². The van der Waals surface area contributed by atoms with Gasteiger partial charge in [-0.3, -0.25) is 4.79 Å². The smallest absolute Gasteiger partial charge is 0.188 e. The first-order valence-corrected chi connectivity index (χ1v) is 13.0. The summed E-state index contributed by atoms with van der Waals surface area (Å²) < 4.78 is 13.3. The lowest BCUT2D eigenvalue weighted by atomic mass is 9.91. The highest BCUT2D eigenvalue weighted by Gasteiger charge is 2.23. The summed E-state index contributed by atoms with van der Waals surface area (Å²) in [7, 11) is 0. The van der Waals surface area contributed by atoms with Crippen LogP contribution in [0.4, 0.5) is 15.9 Å². The summed E-state index contributed by atoms with van der Waals surface area (Å²) in [5.41, 5.74) is 6.77. The van der Waals surface area contributed by atoms with Crippen LogP contribution in [0.15, 0.2) is 102 Å². The molecule has 2 aliphatic rings. The number of hydrogen-bond acceptors (Lipinski definition) is 4. The Kier molecular flexibility index (Phi) is 7.68. The number of Topliss-reactive ketones (excluding diaryl/α,β-unsaturated/α-hetero) is 1. The summed E-state index contributed by atoms with van der Waals surface area (Å²) >= 11 is 6.17. The number of allylic oxidation sites excluding steroid dienone is 7. The van der Waals surface area contributed by atoms with E-state index in [1.165, 1.54) is 17.7 Å². The molecule has 6 heteroatoms. The summed E-state index contributed by atoms with van der Waals surface area (Å²) in [6.45, 7) is 1.88. The van der Waals surface area contributed by atoms with Gasteiger partial charge >= 0.3 is 0 Å². The monoisotopic (exact) mass is 526 g/mol. The third-order valence-corrected chi connectivity index (χ3v) is 7.12. The molecule has 0 unspecified atom stereocenters. The second-order valence-corrected chi connectivity index (χ2v) is 10.1. The van der Waals surface area contributed by atoms with Crippen LogP contribution < -0.4 is 5.32 Å². The van der Waals surface area contributed by atoms with Gasteiger partial charge in [0, 0.05) is 22.2 Å². The number of anilines is 2. The fourth-order valence-corrected chi connectivity index (χ4v) is 5.02. The van der Waals surface area contributed by atoms with Gasteiger partial charge in [0.15, 0.2) is 5.78 Å². The molecular formula is C32H28ClFN2O2. The van der Waals surface area contributed by atoms with E-state index in [1.54, 1.807) is 18.2 Å². The third-order valence-electron chi connectivity index (χ3n) is 6.89. The minimum atomic E-state index is -0.313. The second kappa shape index (κ2) is 11.3. The molecule has 2 aliphatic carbocycles. The molecule has 1 aromatic heterocycles. The van der Waals surface area contributed by atoms with Crippen LogP contribution in [0.2, 0.25) is 5.02 Å². The average Bonchev–Trinajstić information content (AvgIpc) is 3.21. The van der Waals surface area contributed by atoms with Crippen molar-refractivity contribution in [3.05, 3.63) is 129 Å². The number of pyridine rings is 1. The summed E-state index contributed by atoms with van der Waals surface area (Å²) in [6.07, 6.45) is 10.0. The van der Waals surface area contributed by atoms with Crippen LogP contribution in [0.5, 0.6) is 0 Å². The number of carbonyl (C=O) groups is 1. The number of fused-ring (bicyclic) bond motifs is 1. The quantitative estimate of drug-likeness (QED) is 0.324. The number of rotatable bonds is 6. The number of aromatic nitrogens is 1. The molecule has 192 valence electrons. The van der Waals surface area contributed by atoms with E-state index in [-0.39, 0.29) is 24.1 Å². The predicted molar refractivity (Wildman–Crippen MR) is 151 cm³/mol. The number of ketones is 1. The highest BCUT2D eigenvalue weighted by molar-refractivity contribution is 6.30. The Morgan fingerprint density at radius 3 is 2.66 bits per heavy atom. The molecule has 0 saturated heterocycles. The van der Waals surface area contributed by atoms with Gasteiger partial charge in [-0.05, 0) is 97.0 Å². The normalized spacial score (nSPS) is 17.2. The van der Waals surface area contributed by atoms with Crippen molar-refractivity contribution in [3.63, 3.8) is 0 Å². The zero-order valence-corrected chi connectivity index (χ0v) is 21.8. The van der Waals surface area contributed by atoms with Crippen molar-refractivity contribution in [2.75, 3.05) is 11.9 Å². The minimum absolute atomic E-state index is 0.0356. The van der Waals surface area contributed by atoms with Gasteiger partial charge in [-0.1, -0.05) is 53.6 Å². The number of aliphatic hydroxyl groups is 1. The highest BCUT2D eigenvalue weighted by Crippen LogP contribution is 2.34. The molecule has 2 aromatic carbocycles. The minimum Gasteiger partial charge on any atom is -0.395 e. The van der Waals surface area contributed by atoms with Gasteiger partial charge in [0.25, 0.3) is 0 Å². The van der Waals surface area contributed by atoms with E-state index in [1.807, 2.05) is 55.5 Å². The summed E-state index contributed by atoms with van der Waals surface area (Å²) in [5.74, 6) is -0.00931. The van der Waals surface area contributed by atoms with Crippen molar-refractivity contribution in [2.45, 2.75) is 32.1 Å².